The van der Waals surface area contributed by atoms with Gasteiger partial charge in [0.2, 0.25) is 0 Å². The van der Waals surface area contributed by atoms with Crippen LogP contribution in [-0.2, 0) is 28.6 Å². The monoisotopic (exact) mass is 494 g/mol. The van der Waals surface area contributed by atoms with Gasteiger partial charge in [-0.3, -0.25) is 4.55 Å². The predicted molar refractivity (Wildman–Crippen MR) is 115 cm³/mol. The zero-order valence-electron chi connectivity index (χ0n) is 18.6. The second-order valence-electron chi connectivity index (χ2n) is 10.8. The summed E-state index contributed by atoms with van der Waals surface area (Å²) in [7, 11) is -10.7. The van der Waals surface area contributed by atoms with Crippen LogP contribution in [0.4, 0.5) is 0 Å². The van der Waals surface area contributed by atoms with Crippen molar-refractivity contribution in [3.8, 4) is 0 Å². The number of aliphatic hydroxyl groups excluding tert-OH is 2. The van der Waals surface area contributed by atoms with Crippen molar-refractivity contribution in [3.05, 3.63) is 11.7 Å². The van der Waals surface area contributed by atoms with Crippen molar-refractivity contribution >= 4 is 20.8 Å². The highest BCUT2D eigenvalue weighted by molar-refractivity contribution is 7.94. The number of hydrogen-bond acceptors (Lipinski definition) is 8. The molecule has 0 spiro atoms. The second kappa shape index (κ2) is 8.02. The van der Waals surface area contributed by atoms with Gasteiger partial charge in [-0.15, -0.1) is 0 Å². The molecule has 0 aromatic rings. The van der Waals surface area contributed by atoms with Crippen molar-refractivity contribution < 1.29 is 39.4 Å². The number of aliphatic hydroxyl groups is 2. The zero-order valence-corrected chi connectivity index (χ0v) is 20.2. The van der Waals surface area contributed by atoms with Gasteiger partial charge in [-0.05, 0) is 85.9 Å². The van der Waals surface area contributed by atoms with Gasteiger partial charge < -0.3 is 14.4 Å². The van der Waals surface area contributed by atoms with Crippen LogP contribution in [0.1, 0.15) is 78.1 Å². The molecule has 9 nitrogen and oxygen atoms in total. The Morgan fingerprint density at radius 2 is 1.53 bits per heavy atom. The Balaban J connectivity index is 1.55. The maximum Gasteiger partial charge on any atom is 0.468 e. The third-order valence-corrected chi connectivity index (χ3v) is 11.2. The Kier molecular flexibility index (Phi) is 6.04. The van der Waals surface area contributed by atoms with Gasteiger partial charge in [0.1, 0.15) is 0 Å². The van der Waals surface area contributed by atoms with E-state index in [0.29, 0.717) is 29.6 Å². The molecule has 0 amide bonds. The number of fused-ring (bicyclic) bond motifs is 5. The third kappa shape index (κ3) is 4.14. The van der Waals surface area contributed by atoms with E-state index in [0.717, 1.165) is 25.2 Å². The summed E-state index contributed by atoms with van der Waals surface area (Å²) in [5.41, 5.74) is 0.0407. The van der Waals surface area contributed by atoms with Gasteiger partial charge in [-0.2, -0.15) is 16.8 Å². The maximum absolute atomic E-state index is 11.6. The minimum absolute atomic E-state index is 0.325. The first-order chi connectivity index (χ1) is 14.8. The lowest BCUT2D eigenvalue weighted by atomic mass is 9.45. The molecule has 184 valence electrons. The zero-order chi connectivity index (χ0) is 23.5. The first-order valence-electron chi connectivity index (χ1n) is 11.5. The topological polar surface area (TPSA) is 147 Å². The molecule has 4 aliphatic rings. The van der Waals surface area contributed by atoms with E-state index in [1.807, 2.05) is 0 Å². The summed E-state index contributed by atoms with van der Waals surface area (Å²) in [4.78, 5) is 0. The lowest BCUT2D eigenvalue weighted by molar-refractivity contribution is -0.110. The quantitative estimate of drug-likeness (QED) is 0.373. The Morgan fingerprint density at radius 1 is 0.844 bits per heavy atom. The van der Waals surface area contributed by atoms with Gasteiger partial charge in [0.05, 0.1) is 0 Å². The lowest BCUT2D eigenvalue weighted by Crippen LogP contribution is -2.52. The summed E-state index contributed by atoms with van der Waals surface area (Å²) < 4.78 is 60.8. The van der Waals surface area contributed by atoms with Gasteiger partial charge in [0, 0.05) is 5.92 Å². The van der Waals surface area contributed by atoms with E-state index in [2.05, 4.69) is 21.7 Å². The smallest absolute Gasteiger partial charge is 0.468 e. The van der Waals surface area contributed by atoms with Crippen LogP contribution >= 0.6 is 0 Å². The van der Waals surface area contributed by atoms with Gasteiger partial charge >= 0.3 is 26.7 Å². The lowest BCUT2D eigenvalue weighted by Gasteiger charge is -2.60. The molecule has 7 atom stereocenters. The summed E-state index contributed by atoms with van der Waals surface area (Å²) in [5, 5.41) is 20.8. The molecular formula is C21H34O9S2. The SMILES string of the molecule is C[C@]12CC[C@H]3[C@@H](CCC4CCCC[C@@]43C)[C@@H]1CC[C@@H]2C(O)=C(O)OS(=O)(=O)OS(=O)(=O)O. The Labute approximate surface area is 190 Å². The molecule has 0 aromatic heterocycles. The van der Waals surface area contributed by atoms with Gasteiger partial charge in [0.25, 0.3) is 0 Å². The fourth-order valence-electron chi connectivity index (χ4n) is 8.15. The van der Waals surface area contributed by atoms with Crippen molar-refractivity contribution in [1.29, 1.82) is 0 Å². The fourth-order valence-corrected chi connectivity index (χ4v) is 9.38. The predicted octanol–water partition coefficient (Wildman–Crippen LogP) is 4.40. The van der Waals surface area contributed by atoms with E-state index in [4.69, 9.17) is 4.55 Å². The molecule has 0 aromatic carbocycles. The number of rotatable bonds is 5. The average molecular weight is 495 g/mol. The van der Waals surface area contributed by atoms with E-state index in [1.54, 1.807) is 0 Å². The summed E-state index contributed by atoms with van der Waals surface area (Å²) in [5.74, 6) is -0.103. The van der Waals surface area contributed by atoms with E-state index in [9.17, 15) is 27.0 Å². The molecule has 0 saturated heterocycles. The van der Waals surface area contributed by atoms with Crippen LogP contribution < -0.4 is 0 Å². The average Bonchev–Trinajstić information content (AvgIpc) is 3.01. The molecule has 3 N–H and O–H groups in total. The first-order valence-corrected chi connectivity index (χ1v) is 14.2. The van der Waals surface area contributed by atoms with Gasteiger partial charge in [-0.1, -0.05) is 30.3 Å². The second-order valence-corrected chi connectivity index (χ2v) is 13.1. The van der Waals surface area contributed by atoms with Crippen molar-refractivity contribution in [2.75, 3.05) is 0 Å². The highest BCUT2D eigenvalue weighted by Gasteiger charge is 2.60. The molecule has 0 heterocycles. The van der Waals surface area contributed by atoms with Crippen molar-refractivity contribution in [2.24, 2.45) is 40.4 Å². The molecule has 4 aliphatic carbocycles. The van der Waals surface area contributed by atoms with E-state index in [-0.39, 0.29) is 5.41 Å². The first kappa shape index (κ1) is 24.1. The van der Waals surface area contributed by atoms with Crippen molar-refractivity contribution in [3.63, 3.8) is 0 Å². The Hall–Kier alpha value is -1.04. The van der Waals surface area contributed by atoms with E-state index in [1.165, 1.54) is 38.5 Å². The molecule has 11 heteroatoms. The van der Waals surface area contributed by atoms with Crippen molar-refractivity contribution in [2.45, 2.75) is 78.1 Å². The van der Waals surface area contributed by atoms with E-state index < -0.39 is 38.4 Å². The van der Waals surface area contributed by atoms with Gasteiger partial charge in [-0.25, -0.2) is 0 Å². The van der Waals surface area contributed by atoms with Crippen LogP contribution in [0.3, 0.4) is 0 Å². The molecule has 32 heavy (non-hydrogen) atoms. The molecule has 4 saturated carbocycles. The fraction of sp³-hybridized carbons (Fsp3) is 0.905. The van der Waals surface area contributed by atoms with Crippen LogP contribution in [0.2, 0.25) is 0 Å². The van der Waals surface area contributed by atoms with Crippen LogP contribution in [0.25, 0.3) is 0 Å². The summed E-state index contributed by atoms with van der Waals surface area (Å²) in [6, 6.07) is 0. The van der Waals surface area contributed by atoms with Crippen LogP contribution in [-0.4, -0.2) is 31.6 Å². The highest BCUT2D eigenvalue weighted by atomic mass is 32.3. The summed E-state index contributed by atoms with van der Waals surface area (Å²) >= 11 is 0. The third-order valence-electron chi connectivity index (χ3n) is 9.48. The van der Waals surface area contributed by atoms with Gasteiger partial charge in [0.15, 0.2) is 5.76 Å². The highest BCUT2D eigenvalue weighted by Crippen LogP contribution is 2.68. The van der Waals surface area contributed by atoms with Crippen molar-refractivity contribution in [1.82, 2.24) is 0 Å². The minimum Gasteiger partial charge on any atom is -0.505 e. The number of allylic oxidation sites excluding steroid dienone is 1. The standard InChI is InChI=1S/C21H34O9S2/c1-20-11-4-3-5-13(20)6-7-14-15-8-9-17(21(15,2)12-10-16(14)20)18(22)19(23)29-32(27,28)30-31(24,25)26/h13-17,22-23H,3-12H2,1-2H3,(H,24,25,26)/t13?,14-,15-,16-,17+,20-,21-/m0/s1. The van der Waals surface area contributed by atoms with Crippen LogP contribution in [0.5, 0.6) is 0 Å². The Bertz CT molecular complexity index is 989. The molecular weight excluding hydrogens is 460 g/mol. The van der Waals surface area contributed by atoms with Crippen LogP contribution in [0.15, 0.2) is 11.7 Å². The summed E-state index contributed by atoms with van der Waals surface area (Å²) in [6.45, 7) is 4.56. The normalized spacial score (nSPS) is 42.9. The van der Waals surface area contributed by atoms with E-state index >= 15 is 0 Å². The molecule has 4 rings (SSSR count). The molecule has 4 fully saturated rings. The Morgan fingerprint density at radius 3 is 2.22 bits per heavy atom. The minimum atomic E-state index is -5.36. The molecule has 0 radical (unpaired) electrons. The number of hydrogen-bond donors (Lipinski definition) is 3. The maximum atomic E-state index is 11.6. The molecule has 1 unspecified atom stereocenters. The molecule has 0 aliphatic heterocycles. The summed E-state index contributed by atoms with van der Waals surface area (Å²) in [6.07, 6.45) is 10.9. The largest absolute Gasteiger partial charge is 0.505 e. The molecule has 0 bridgehead atoms. The van der Waals surface area contributed by atoms with Crippen LogP contribution in [0, 0.1) is 40.4 Å².